The number of nitrogens with one attached hydrogen (secondary N) is 1. The fourth-order valence-electron chi connectivity index (χ4n) is 3.58. The van der Waals surface area contributed by atoms with Gasteiger partial charge in [0.05, 0.1) is 25.0 Å². The molecule has 0 saturated heterocycles. The third-order valence-corrected chi connectivity index (χ3v) is 5.42. The van der Waals surface area contributed by atoms with Crippen LogP contribution in [0.25, 0.3) is 0 Å². The average molecular weight is 414 g/mol. The molecule has 8 nitrogen and oxygen atoms in total. The minimum Gasteiger partial charge on any atom is -0.477 e. The van der Waals surface area contributed by atoms with Crippen molar-refractivity contribution in [3.05, 3.63) is 42.2 Å². The number of likely N-dealkylation sites (N-methyl/N-ethyl adjacent to an activating group) is 1. The number of amides is 2. The van der Waals surface area contributed by atoms with E-state index < -0.39 is 6.10 Å². The lowest BCUT2D eigenvalue weighted by atomic mass is 10.1. The highest BCUT2D eigenvalue weighted by Gasteiger charge is 2.32. The quantitative estimate of drug-likeness (QED) is 0.716. The van der Waals surface area contributed by atoms with Crippen LogP contribution in [0.5, 0.6) is 5.75 Å². The molecule has 0 fully saturated rings. The number of carbonyl (C=O) groups is 2. The maximum absolute atomic E-state index is 12.9. The van der Waals surface area contributed by atoms with Gasteiger partial charge in [-0.2, -0.15) is 5.10 Å². The van der Waals surface area contributed by atoms with Gasteiger partial charge >= 0.3 is 0 Å². The monoisotopic (exact) mass is 413 g/mol. The van der Waals surface area contributed by atoms with Gasteiger partial charge in [0.15, 0.2) is 6.10 Å². The normalized spacial score (nSPS) is 15.5. The Bertz CT molecular complexity index is 877. The van der Waals surface area contributed by atoms with Gasteiger partial charge in [-0.25, -0.2) is 0 Å². The van der Waals surface area contributed by atoms with Crippen molar-refractivity contribution in [3.8, 4) is 5.75 Å². The molecular weight excluding hydrogens is 382 g/mol. The molecule has 1 N–H and O–H groups in total. The number of benzene rings is 1. The van der Waals surface area contributed by atoms with Crippen LogP contribution in [-0.4, -0.2) is 58.8 Å². The van der Waals surface area contributed by atoms with Crippen LogP contribution in [0.1, 0.15) is 32.3 Å². The lowest BCUT2D eigenvalue weighted by Crippen LogP contribution is -2.52. The molecule has 1 aromatic carbocycles. The lowest BCUT2D eigenvalue weighted by molar-refractivity contribution is -0.131. The van der Waals surface area contributed by atoms with E-state index in [1.165, 1.54) is 0 Å². The molecule has 1 aromatic heterocycles. The Kier molecular flexibility index (Phi) is 6.97. The highest BCUT2D eigenvalue weighted by atomic mass is 16.5. The van der Waals surface area contributed by atoms with Crippen LogP contribution in [0.15, 0.2) is 36.7 Å². The molecular formula is C22H31N5O3. The second-order valence-electron chi connectivity index (χ2n) is 7.75. The van der Waals surface area contributed by atoms with Crippen molar-refractivity contribution >= 4 is 17.5 Å². The summed E-state index contributed by atoms with van der Waals surface area (Å²) in [6.07, 6.45) is 4.73. The number of fused-ring (bicyclic) bond motifs is 1. The second kappa shape index (κ2) is 9.65. The van der Waals surface area contributed by atoms with Crippen molar-refractivity contribution in [3.63, 3.8) is 0 Å². The molecule has 162 valence electrons. The van der Waals surface area contributed by atoms with E-state index in [-0.39, 0.29) is 24.4 Å². The first-order valence-electron chi connectivity index (χ1n) is 10.4. The first kappa shape index (κ1) is 21.7. The van der Waals surface area contributed by atoms with Crippen molar-refractivity contribution in [1.29, 1.82) is 0 Å². The number of carbonyl (C=O) groups excluding carboxylic acids is 2. The van der Waals surface area contributed by atoms with E-state index in [0.717, 1.165) is 24.1 Å². The van der Waals surface area contributed by atoms with Crippen LogP contribution in [0.4, 0.5) is 5.69 Å². The van der Waals surface area contributed by atoms with E-state index in [4.69, 9.17) is 4.74 Å². The number of hydrogen-bond donors (Lipinski definition) is 1. The molecule has 1 unspecified atom stereocenters. The van der Waals surface area contributed by atoms with Crippen LogP contribution in [-0.2, 0) is 23.2 Å². The molecule has 3 rings (SSSR count). The highest BCUT2D eigenvalue weighted by molar-refractivity contribution is 5.86. The number of hydrogen-bond acceptors (Lipinski definition) is 5. The van der Waals surface area contributed by atoms with Crippen LogP contribution in [0, 0.1) is 0 Å². The van der Waals surface area contributed by atoms with Gasteiger partial charge in [-0.05, 0) is 25.0 Å². The van der Waals surface area contributed by atoms with Crippen LogP contribution in [0.3, 0.4) is 0 Å². The zero-order chi connectivity index (χ0) is 21.7. The second-order valence-corrected chi connectivity index (χ2v) is 7.75. The van der Waals surface area contributed by atoms with Gasteiger partial charge in [0, 0.05) is 38.4 Å². The molecule has 0 radical (unpaired) electrons. The van der Waals surface area contributed by atoms with Crippen molar-refractivity contribution in [1.82, 2.24) is 20.0 Å². The maximum atomic E-state index is 12.9. The van der Waals surface area contributed by atoms with E-state index >= 15 is 0 Å². The van der Waals surface area contributed by atoms with Crippen molar-refractivity contribution in [2.24, 2.45) is 7.05 Å². The first-order valence-corrected chi connectivity index (χ1v) is 10.4. The van der Waals surface area contributed by atoms with Gasteiger partial charge in [0.1, 0.15) is 5.75 Å². The Hall–Kier alpha value is -3.03. The first-order chi connectivity index (χ1) is 14.4. The molecule has 2 aromatic rings. The summed E-state index contributed by atoms with van der Waals surface area (Å²) in [6, 6.07) is 7.65. The van der Waals surface area contributed by atoms with Gasteiger partial charge in [-0.15, -0.1) is 0 Å². The lowest BCUT2D eigenvalue weighted by Gasteiger charge is -2.36. The number of aryl methyl sites for hydroxylation is 1. The summed E-state index contributed by atoms with van der Waals surface area (Å²) in [5, 5.41) is 7.20. The number of para-hydroxylation sites is 2. The molecule has 1 atom stereocenters. The van der Waals surface area contributed by atoms with E-state index in [2.05, 4.69) is 24.3 Å². The number of ether oxygens (including phenoxy) is 1. The molecule has 2 amide bonds. The number of nitrogens with zero attached hydrogens (tertiary/aromatic N) is 4. The molecule has 0 spiro atoms. The summed E-state index contributed by atoms with van der Waals surface area (Å²) in [4.78, 5) is 29.3. The topological polar surface area (TPSA) is 79.7 Å². The number of aromatic nitrogens is 2. The van der Waals surface area contributed by atoms with Gasteiger partial charge in [-0.1, -0.05) is 26.0 Å². The van der Waals surface area contributed by atoms with E-state index in [1.807, 2.05) is 42.4 Å². The third-order valence-electron chi connectivity index (χ3n) is 5.42. The van der Waals surface area contributed by atoms with Gasteiger partial charge in [0.25, 0.3) is 5.91 Å². The predicted octanol–water partition coefficient (Wildman–Crippen LogP) is 1.95. The van der Waals surface area contributed by atoms with Gasteiger partial charge < -0.3 is 19.9 Å². The Balaban J connectivity index is 1.70. The summed E-state index contributed by atoms with van der Waals surface area (Å²) < 4.78 is 7.68. The third kappa shape index (κ3) is 5.11. The van der Waals surface area contributed by atoms with Crippen molar-refractivity contribution in [2.75, 3.05) is 25.0 Å². The van der Waals surface area contributed by atoms with Crippen LogP contribution < -0.4 is 15.0 Å². The fraction of sp³-hybridized carbons (Fsp3) is 0.500. The van der Waals surface area contributed by atoms with Crippen LogP contribution in [0.2, 0.25) is 0 Å². The molecule has 0 saturated carbocycles. The molecule has 1 aliphatic rings. The minimum absolute atomic E-state index is 0.0327. The van der Waals surface area contributed by atoms with Crippen molar-refractivity contribution in [2.45, 2.75) is 45.4 Å². The summed E-state index contributed by atoms with van der Waals surface area (Å²) >= 11 is 0. The highest BCUT2D eigenvalue weighted by Crippen LogP contribution is 2.33. The maximum Gasteiger partial charge on any atom is 0.263 e. The minimum atomic E-state index is -0.656. The smallest absolute Gasteiger partial charge is 0.263 e. The summed E-state index contributed by atoms with van der Waals surface area (Å²) in [5.41, 5.74) is 1.80. The molecule has 0 bridgehead atoms. The van der Waals surface area contributed by atoms with E-state index in [9.17, 15) is 9.59 Å². The Morgan fingerprint density at radius 2 is 2.03 bits per heavy atom. The molecule has 2 heterocycles. The zero-order valence-electron chi connectivity index (χ0n) is 18.2. The predicted molar refractivity (Wildman–Crippen MR) is 115 cm³/mol. The molecule has 1 aliphatic heterocycles. The van der Waals surface area contributed by atoms with E-state index in [1.54, 1.807) is 22.8 Å². The Labute approximate surface area is 177 Å². The number of anilines is 1. The largest absolute Gasteiger partial charge is 0.477 e. The summed E-state index contributed by atoms with van der Waals surface area (Å²) in [5.74, 6) is 0.449. The Morgan fingerprint density at radius 3 is 2.70 bits per heavy atom. The Morgan fingerprint density at radius 1 is 1.30 bits per heavy atom. The van der Waals surface area contributed by atoms with Crippen molar-refractivity contribution < 1.29 is 14.3 Å². The standard InChI is InChI=1S/C22H31N5O3/c1-5-17(6-2)24-22(29)20-14-27(18-9-7-8-10-19(18)30-20)15-21(28)25(3)12-16-11-23-26(4)13-16/h7-11,13,17,20H,5-6,12,14-15H2,1-4H3,(H,24,29). The molecule has 30 heavy (non-hydrogen) atoms. The molecule has 8 heteroatoms. The van der Waals surface area contributed by atoms with Gasteiger partial charge in [-0.3, -0.25) is 14.3 Å². The summed E-state index contributed by atoms with van der Waals surface area (Å²) in [6.45, 7) is 5.09. The van der Waals surface area contributed by atoms with E-state index in [0.29, 0.717) is 18.8 Å². The fourth-order valence-corrected chi connectivity index (χ4v) is 3.58. The molecule has 0 aliphatic carbocycles. The van der Waals surface area contributed by atoms with Crippen LogP contribution >= 0.6 is 0 Å². The SMILES string of the molecule is CCC(CC)NC(=O)C1CN(CC(=O)N(C)Cc2cnn(C)c2)c2ccccc2O1. The zero-order valence-corrected chi connectivity index (χ0v) is 18.2. The average Bonchev–Trinajstić information content (AvgIpc) is 3.16. The van der Waals surface area contributed by atoms with Gasteiger partial charge in [0.2, 0.25) is 5.91 Å². The summed E-state index contributed by atoms with van der Waals surface area (Å²) in [7, 11) is 3.63. The number of rotatable bonds is 8.